The summed E-state index contributed by atoms with van der Waals surface area (Å²) in [5, 5.41) is -0.493. The first-order valence-electron chi connectivity index (χ1n) is 8.22. The average Bonchev–Trinajstić information content (AvgIpc) is 3.02. The zero-order valence-electron chi connectivity index (χ0n) is 14.3. The topological polar surface area (TPSA) is 77.5 Å². The lowest BCUT2D eigenvalue weighted by Gasteiger charge is -2.21. The van der Waals surface area contributed by atoms with Crippen molar-refractivity contribution < 1.29 is 17.9 Å². The molecule has 1 aliphatic heterocycles. The van der Waals surface area contributed by atoms with Crippen molar-refractivity contribution in [3.8, 4) is 16.9 Å². The van der Waals surface area contributed by atoms with E-state index in [4.69, 9.17) is 9.47 Å². The third-order valence-corrected chi connectivity index (χ3v) is 5.97. The fourth-order valence-corrected chi connectivity index (χ4v) is 3.46. The summed E-state index contributed by atoms with van der Waals surface area (Å²) in [5.41, 5.74) is 2.07. The predicted molar refractivity (Wildman–Crippen MR) is 95.9 cm³/mol. The molecule has 25 heavy (non-hydrogen) atoms. The van der Waals surface area contributed by atoms with Crippen LogP contribution in [0.4, 0.5) is 0 Å². The van der Waals surface area contributed by atoms with Gasteiger partial charge in [0.2, 0.25) is 10.0 Å². The molecule has 0 unspecified atom stereocenters. The number of nitrogens with zero attached hydrogens (tertiary/aromatic N) is 1. The van der Waals surface area contributed by atoms with Crippen LogP contribution in [0.2, 0.25) is 0 Å². The molecule has 0 bridgehead atoms. The highest BCUT2D eigenvalue weighted by molar-refractivity contribution is 7.90. The maximum absolute atomic E-state index is 12.1. The Bertz CT molecular complexity index is 792. The second kappa shape index (κ2) is 7.51. The van der Waals surface area contributed by atoms with E-state index in [0.29, 0.717) is 19.0 Å². The lowest BCUT2D eigenvalue weighted by atomic mass is 10.1. The minimum absolute atomic E-state index is 0.310. The van der Waals surface area contributed by atoms with Gasteiger partial charge in [0.15, 0.2) is 0 Å². The van der Waals surface area contributed by atoms with E-state index >= 15 is 0 Å². The van der Waals surface area contributed by atoms with Crippen LogP contribution in [0.5, 0.6) is 5.75 Å². The van der Waals surface area contributed by atoms with Gasteiger partial charge in [0.25, 0.3) is 0 Å². The minimum atomic E-state index is -3.37. The Kier molecular flexibility index (Phi) is 5.36. The van der Waals surface area contributed by atoms with Gasteiger partial charge in [-0.3, -0.25) is 4.98 Å². The van der Waals surface area contributed by atoms with Gasteiger partial charge >= 0.3 is 0 Å². The number of hydrogen-bond donors (Lipinski definition) is 1. The lowest BCUT2D eigenvalue weighted by molar-refractivity contribution is 0.140. The van der Waals surface area contributed by atoms with Gasteiger partial charge < -0.3 is 9.47 Å². The summed E-state index contributed by atoms with van der Waals surface area (Å²) in [4.78, 5) is 4.11. The SMILES string of the molecule is CC(C)S(=O)(=O)N[C@H]1COC[C@H]1Oc1ccc(-c2cccnc2)cc1. The van der Waals surface area contributed by atoms with E-state index in [1.807, 2.05) is 36.4 Å². The summed E-state index contributed by atoms with van der Waals surface area (Å²) >= 11 is 0. The van der Waals surface area contributed by atoms with Crippen molar-refractivity contribution in [2.45, 2.75) is 31.2 Å². The molecule has 0 aliphatic carbocycles. The fraction of sp³-hybridized carbons (Fsp3) is 0.389. The molecule has 0 amide bonds. The number of aromatic nitrogens is 1. The largest absolute Gasteiger partial charge is 0.486 e. The van der Waals surface area contributed by atoms with Gasteiger partial charge in [0.05, 0.1) is 24.5 Å². The second-order valence-electron chi connectivity index (χ2n) is 6.28. The van der Waals surface area contributed by atoms with Crippen LogP contribution in [0, 0.1) is 0 Å². The number of sulfonamides is 1. The monoisotopic (exact) mass is 362 g/mol. The molecule has 2 aromatic rings. The first-order chi connectivity index (χ1) is 12.0. The lowest BCUT2D eigenvalue weighted by Crippen LogP contribution is -2.47. The van der Waals surface area contributed by atoms with E-state index in [0.717, 1.165) is 11.1 Å². The molecular weight excluding hydrogens is 340 g/mol. The summed E-state index contributed by atoms with van der Waals surface area (Å²) in [5.74, 6) is 0.678. The number of pyridine rings is 1. The minimum Gasteiger partial charge on any atom is -0.486 e. The molecule has 1 aromatic carbocycles. The van der Waals surface area contributed by atoms with E-state index in [-0.39, 0.29) is 12.1 Å². The second-order valence-corrected chi connectivity index (χ2v) is 8.55. The van der Waals surface area contributed by atoms with Crippen LogP contribution in [0.15, 0.2) is 48.8 Å². The van der Waals surface area contributed by atoms with Crippen LogP contribution >= 0.6 is 0 Å². The van der Waals surface area contributed by atoms with Gasteiger partial charge in [-0.15, -0.1) is 0 Å². The Morgan fingerprint density at radius 3 is 2.56 bits per heavy atom. The van der Waals surface area contributed by atoms with Gasteiger partial charge in [0, 0.05) is 12.4 Å². The Balaban J connectivity index is 1.67. The first kappa shape index (κ1) is 17.8. The summed E-state index contributed by atoms with van der Waals surface area (Å²) in [7, 11) is -3.37. The van der Waals surface area contributed by atoms with Crippen molar-refractivity contribution in [3.05, 3.63) is 48.8 Å². The number of nitrogens with one attached hydrogen (secondary N) is 1. The van der Waals surface area contributed by atoms with Crippen LogP contribution in [0.25, 0.3) is 11.1 Å². The summed E-state index contributed by atoms with van der Waals surface area (Å²) in [6, 6.07) is 11.1. The van der Waals surface area contributed by atoms with Crippen molar-refractivity contribution in [2.75, 3.05) is 13.2 Å². The molecule has 134 valence electrons. The molecule has 1 N–H and O–H groups in total. The number of rotatable bonds is 6. The van der Waals surface area contributed by atoms with Crippen molar-refractivity contribution in [1.82, 2.24) is 9.71 Å². The van der Waals surface area contributed by atoms with Crippen LogP contribution in [-0.2, 0) is 14.8 Å². The molecule has 2 heterocycles. The third-order valence-electron chi connectivity index (χ3n) is 4.10. The van der Waals surface area contributed by atoms with Crippen molar-refractivity contribution in [3.63, 3.8) is 0 Å². The molecule has 0 saturated carbocycles. The van der Waals surface area contributed by atoms with Crippen LogP contribution in [-0.4, -0.2) is 44.0 Å². The maximum Gasteiger partial charge on any atom is 0.214 e. The fourth-order valence-electron chi connectivity index (χ4n) is 2.54. The predicted octanol–water partition coefficient (Wildman–Crippen LogP) is 2.22. The van der Waals surface area contributed by atoms with E-state index in [9.17, 15) is 8.42 Å². The van der Waals surface area contributed by atoms with Crippen molar-refractivity contribution in [1.29, 1.82) is 0 Å². The Morgan fingerprint density at radius 2 is 1.92 bits per heavy atom. The van der Waals surface area contributed by atoms with E-state index in [1.165, 1.54) is 0 Å². The summed E-state index contributed by atoms with van der Waals surface area (Å²) in [6.45, 7) is 3.95. The smallest absolute Gasteiger partial charge is 0.214 e. The number of benzene rings is 1. The highest BCUT2D eigenvalue weighted by Gasteiger charge is 2.34. The molecule has 1 fully saturated rings. The standard InChI is InChI=1S/C18H22N2O4S/c1-13(2)25(21,22)20-17-11-23-12-18(17)24-16-7-5-14(6-8-16)15-4-3-9-19-10-15/h3-10,13,17-18,20H,11-12H2,1-2H3/t17-,18+/m0/s1. The molecule has 1 aromatic heterocycles. The molecule has 6 nitrogen and oxygen atoms in total. The first-order valence-corrected chi connectivity index (χ1v) is 9.76. The third kappa shape index (κ3) is 4.36. The number of hydrogen-bond acceptors (Lipinski definition) is 5. The molecule has 7 heteroatoms. The molecule has 3 rings (SSSR count). The molecular formula is C18H22N2O4S. The van der Waals surface area contributed by atoms with Gasteiger partial charge in [-0.2, -0.15) is 0 Å². The normalized spacial score (nSPS) is 20.8. The Hall–Kier alpha value is -1.96. The zero-order chi connectivity index (χ0) is 17.9. The van der Waals surface area contributed by atoms with E-state index in [1.54, 1.807) is 26.2 Å². The molecule has 0 radical (unpaired) electrons. The number of ether oxygens (including phenoxy) is 2. The molecule has 1 aliphatic rings. The van der Waals surface area contributed by atoms with E-state index < -0.39 is 15.3 Å². The Labute approximate surface area is 148 Å². The van der Waals surface area contributed by atoms with Gasteiger partial charge in [-0.25, -0.2) is 13.1 Å². The highest BCUT2D eigenvalue weighted by atomic mass is 32.2. The van der Waals surface area contributed by atoms with Crippen molar-refractivity contribution >= 4 is 10.0 Å². The zero-order valence-corrected chi connectivity index (χ0v) is 15.1. The van der Waals surface area contributed by atoms with Crippen LogP contribution in [0.1, 0.15) is 13.8 Å². The average molecular weight is 362 g/mol. The highest BCUT2D eigenvalue weighted by Crippen LogP contribution is 2.23. The van der Waals surface area contributed by atoms with Gasteiger partial charge in [-0.1, -0.05) is 18.2 Å². The molecule has 2 atom stereocenters. The summed E-state index contributed by atoms with van der Waals surface area (Å²) < 4.78 is 38.1. The van der Waals surface area contributed by atoms with Crippen LogP contribution < -0.4 is 9.46 Å². The Morgan fingerprint density at radius 1 is 1.16 bits per heavy atom. The molecule has 1 saturated heterocycles. The summed E-state index contributed by atoms with van der Waals surface area (Å²) in [6.07, 6.45) is 3.19. The van der Waals surface area contributed by atoms with E-state index in [2.05, 4.69) is 9.71 Å². The molecule has 0 spiro atoms. The van der Waals surface area contributed by atoms with Crippen molar-refractivity contribution in [2.24, 2.45) is 0 Å². The van der Waals surface area contributed by atoms with Gasteiger partial charge in [-0.05, 0) is 43.2 Å². The van der Waals surface area contributed by atoms with Crippen LogP contribution in [0.3, 0.4) is 0 Å². The maximum atomic E-state index is 12.1. The quantitative estimate of drug-likeness (QED) is 0.853. The van der Waals surface area contributed by atoms with Gasteiger partial charge in [0.1, 0.15) is 11.9 Å².